The van der Waals surface area contributed by atoms with E-state index in [1.54, 1.807) is 0 Å². The maximum atomic E-state index is 11.9. The summed E-state index contributed by atoms with van der Waals surface area (Å²) in [5.41, 5.74) is 1.20. The minimum atomic E-state index is -0.00152. The van der Waals surface area contributed by atoms with Gasteiger partial charge in [-0.2, -0.15) is 0 Å². The Balaban J connectivity index is 1.29. The van der Waals surface area contributed by atoms with Gasteiger partial charge in [0.15, 0.2) is 0 Å². The van der Waals surface area contributed by atoms with Gasteiger partial charge in [-0.15, -0.1) is 0 Å². The number of carbonyl (C=O) groups excluding carboxylic acids is 2. The molecule has 1 unspecified atom stereocenters. The average molecular weight is 343 g/mol. The van der Waals surface area contributed by atoms with Crippen molar-refractivity contribution in [1.29, 1.82) is 0 Å². The molecule has 25 heavy (non-hydrogen) atoms. The number of nitrogens with zero attached hydrogens (tertiary/aromatic N) is 3. The van der Waals surface area contributed by atoms with Crippen LogP contribution in [0.25, 0.3) is 0 Å². The van der Waals surface area contributed by atoms with Crippen LogP contribution >= 0.6 is 0 Å². The number of amides is 2. The van der Waals surface area contributed by atoms with E-state index in [-0.39, 0.29) is 11.8 Å². The van der Waals surface area contributed by atoms with Crippen molar-refractivity contribution in [2.75, 3.05) is 44.2 Å². The smallest absolute Gasteiger partial charge is 0.229 e. The first-order valence-corrected chi connectivity index (χ1v) is 9.26. The summed E-state index contributed by atoms with van der Waals surface area (Å²) in [5.74, 6) is 0.978. The molecule has 0 bridgehead atoms. The Bertz CT molecular complexity index is 647. The average Bonchev–Trinajstić information content (AvgIpc) is 2.64. The van der Waals surface area contributed by atoms with E-state index in [2.05, 4.69) is 21.9 Å². The van der Waals surface area contributed by atoms with Gasteiger partial charge in [-0.25, -0.2) is 0 Å². The van der Waals surface area contributed by atoms with Gasteiger partial charge in [0.25, 0.3) is 0 Å². The molecule has 2 amide bonds. The molecule has 1 aromatic rings. The highest BCUT2D eigenvalue weighted by Crippen LogP contribution is 2.34. The Kier molecular flexibility index (Phi) is 4.61. The van der Waals surface area contributed by atoms with E-state index in [4.69, 9.17) is 4.74 Å². The third-order valence-electron chi connectivity index (χ3n) is 5.41. The molecule has 0 saturated carbocycles. The van der Waals surface area contributed by atoms with E-state index in [9.17, 15) is 9.59 Å². The molecule has 3 aliphatic heterocycles. The van der Waals surface area contributed by atoms with Crippen molar-refractivity contribution in [2.45, 2.75) is 31.7 Å². The number of piperazine rings is 1. The molecule has 0 aliphatic carbocycles. The van der Waals surface area contributed by atoms with Crippen LogP contribution in [0.5, 0.6) is 5.75 Å². The Morgan fingerprint density at radius 2 is 1.84 bits per heavy atom. The van der Waals surface area contributed by atoms with Crippen LogP contribution in [0.15, 0.2) is 24.3 Å². The Labute approximate surface area is 148 Å². The number of fused-ring (bicyclic) bond motifs is 3. The predicted molar refractivity (Wildman–Crippen MR) is 94.7 cm³/mol. The van der Waals surface area contributed by atoms with Gasteiger partial charge in [-0.1, -0.05) is 12.1 Å². The molecule has 6 nitrogen and oxygen atoms in total. The summed E-state index contributed by atoms with van der Waals surface area (Å²) in [5, 5.41) is 0. The van der Waals surface area contributed by atoms with E-state index in [1.807, 2.05) is 12.1 Å². The molecule has 4 rings (SSSR count). The van der Waals surface area contributed by atoms with Gasteiger partial charge in [0.05, 0.1) is 11.7 Å². The first kappa shape index (κ1) is 16.4. The van der Waals surface area contributed by atoms with Gasteiger partial charge in [0, 0.05) is 39.0 Å². The second kappa shape index (κ2) is 7.04. The normalized spacial score (nSPS) is 23.9. The fourth-order valence-corrected chi connectivity index (χ4v) is 4.09. The largest absolute Gasteiger partial charge is 0.489 e. The number of anilines is 1. The van der Waals surface area contributed by atoms with Gasteiger partial charge in [0.2, 0.25) is 11.8 Å². The maximum Gasteiger partial charge on any atom is 0.229 e. The van der Waals surface area contributed by atoms with Crippen LogP contribution in [0.2, 0.25) is 0 Å². The van der Waals surface area contributed by atoms with Crippen molar-refractivity contribution >= 4 is 17.5 Å². The zero-order valence-electron chi connectivity index (χ0n) is 14.5. The van der Waals surface area contributed by atoms with Crippen LogP contribution in [0.1, 0.15) is 25.7 Å². The summed E-state index contributed by atoms with van der Waals surface area (Å²) in [7, 11) is 0. The highest BCUT2D eigenvalue weighted by atomic mass is 16.5. The van der Waals surface area contributed by atoms with Gasteiger partial charge >= 0.3 is 0 Å². The SMILES string of the molecule is O=C1CCCC(=O)N1CCCN1CCN2c3ccccc3OCC2C1. The number of benzene rings is 1. The first-order valence-electron chi connectivity index (χ1n) is 9.26. The van der Waals surface area contributed by atoms with Crippen LogP contribution in [0.4, 0.5) is 5.69 Å². The number of carbonyl (C=O) groups is 2. The van der Waals surface area contributed by atoms with Gasteiger partial charge in [-0.3, -0.25) is 19.4 Å². The first-order chi connectivity index (χ1) is 12.2. The van der Waals surface area contributed by atoms with Crippen molar-refractivity contribution in [2.24, 2.45) is 0 Å². The lowest BCUT2D eigenvalue weighted by molar-refractivity contribution is -0.148. The molecule has 3 aliphatic rings. The molecular formula is C19H25N3O3. The summed E-state index contributed by atoms with van der Waals surface area (Å²) in [6, 6.07) is 8.61. The lowest BCUT2D eigenvalue weighted by Gasteiger charge is -2.45. The number of ether oxygens (including phenoxy) is 1. The summed E-state index contributed by atoms with van der Waals surface area (Å²) in [6.45, 7) is 5.16. The Morgan fingerprint density at radius 3 is 2.68 bits per heavy atom. The number of hydrogen-bond acceptors (Lipinski definition) is 5. The molecule has 0 radical (unpaired) electrons. The summed E-state index contributed by atoms with van der Waals surface area (Å²) < 4.78 is 5.90. The molecule has 6 heteroatoms. The fourth-order valence-electron chi connectivity index (χ4n) is 4.09. The summed E-state index contributed by atoms with van der Waals surface area (Å²) >= 11 is 0. The number of piperidine rings is 1. The standard InChI is InChI=1S/C19H25N3O3/c23-18-7-3-8-19(24)22(18)10-4-9-20-11-12-21-15(13-20)14-25-17-6-2-1-5-16(17)21/h1-2,5-6,15H,3-4,7-14H2. The fraction of sp³-hybridized carbons (Fsp3) is 0.579. The second-order valence-corrected chi connectivity index (χ2v) is 7.07. The van der Waals surface area contributed by atoms with E-state index in [1.165, 1.54) is 10.6 Å². The lowest BCUT2D eigenvalue weighted by atomic mass is 10.1. The van der Waals surface area contributed by atoms with Crippen LogP contribution < -0.4 is 9.64 Å². The van der Waals surface area contributed by atoms with Crippen LogP contribution in [0.3, 0.4) is 0 Å². The molecule has 0 aromatic heterocycles. The van der Waals surface area contributed by atoms with Crippen LogP contribution in [0, 0.1) is 0 Å². The van der Waals surface area contributed by atoms with Crippen molar-refractivity contribution in [3.05, 3.63) is 24.3 Å². The lowest BCUT2D eigenvalue weighted by Crippen LogP contribution is -2.57. The predicted octanol–water partition coefficient (Wildman–Crippen LogP) is 1.50. The van der Waals surface area contributed by atoms with Gasteiger partial charge < -0.3 is 9.64 Å². The third-order valence-corrected chi connectivity index (χ3v) is 5.41. The molecular weight excluding hydrogens is 318 g/mol. The number of para-hydroxylation sites is 2. The number of likely N-dealkylation sites (tertiary alicyclic amines) is 1. The van der Waals surface area contributed by atoms with E-state index < -0.39 is 0 Å². The number of imide groups is 1. The van der Waals surface area contributed by atoms with Crippen molar-refractivity contribution in [1.82, 2.24) is 9.80 Å². The molecule has 1 atom stereocenters. The molecule has 2 saturated heterocycles. The molecule has 3 heterocycles. The van der Waals surface area contributed by atoms with Gasteiger partial charge in [-0.05, 0) is 31.5 Å². The van der Waals surface area contributed by atoms with Crippen molar-refractivity contribution in [3.63, 3.8) is 0 Å². The highest BCUT2D eigenvalue weighted by Gasteiger charge is 2.32. The zero-order valence-corrected chi connectivity index (χ0v) is 14.5. The summed E-state index contributed by atoms with van der Waals surface area (Å²) in [4.78, 5) is 30.1. The quantitative estimate of drug-likeness (QED) is 0.776. The highest BCUT2D eigenvalue weighted by molar-refractivity contribution is 5.97. The number of hydrogen-bond donors (Lipinski definition) is 0. The van der Waals surface area contributed by atoms with Crippen LogP contribution in [-0.2, 0) is 9.59 Å². The molecule has 0 N–H and O–H groups in total. The van der Waals surface area contributed by atoms with Gasteiger partial charge in [0.1, 0.15) is 12.4 Å². The Morgan fingerprint density at radius 1 is 1.04 bits per heavy atom. The molecule has 2 fully saturated rings. The third kappa shape index (κ3) is 3.35. The minimum Gasteiger partial charge on any atom is -0.489 e. The van der Waals surface area contributed by atoms with Crippen molar-refractivity contribution in [3.8, 4) is 5.75 Å². The Hall–Kier alpha value is -2.08. The second-order valence-electron chi connectivity index (χ2n) is 7.07. The number of rotatable bonds is 4. The topological polar surface area (TPSA) is 53.1 Å². The van der Waals surface area contributed by atoms with Crippen molar-refractivity contribution < 1.29 is 14.3 Å². The molecule has 1 aromatic carbocycles. The van der Waals surface area contributed by atoms with E-state index in [0.29, 0.717) is 31.8 Å². The zero-order chi connectivity index (χ0) is 17.2. The van der Waals surface area contributed by atoms with E-state index >= 15 is 0 Å². The van der Waals surface area contributed by atoms with E-state index in [0.717, 1.165) is 45.0 Å². The molecule has 134 valence electrons. The van der Waals surface area contributed by atoms with Crippen LogP contribution in [-0.4, -0.2) is 67.0 Å². The minimum absolute atomic E-state index is 0.00152. The monoisotopic (exact) mass is 343 g/mol. The summed E-state index contributed by atoms with van der Waals surface area (Å²) in [6.07, 6.45) is 2.59. The maximum absolute atomic E-state index is 11.9. The molecule has 0 spiro atoms.